The summed E-state index contributed by atoms with van der Waals surface area (Å²) in [4.78, 5) is 20.5. The SMILES string of the molecule is CCCNc1cnc(C(=O)NC(CC)CC2CC2)cn1. The van der Waals surface area contributed by atoms with Crippen LogP contribution in [0.5, 0.6) is 0 Å². The van der Waals surface area contributed by atoms with Gasteiger partial charge in [0.15, 0.2) is 0 Å². The Bertz CT molecular complexity index is 428. The van der Waals surface area contributed by atoms with Gasteiger partial charge < -0.3 is 10.6 Å². The number of carbonyl (C=O) groups excluding carboxylic acids is 1. The van der Waals surface area contributed by atoms with Crippen molar-refractivity contribution in [1.29, 1.82) is 0 Å². The molecule has 1 fully saturated rings. The molecule has 0 radical (unpaired) electrons. The molecule has 1 aliphatic carbocycles. The van der Waals surface area contributed by atoms with Crippen molar-refractivity contribution in [3.05, 3.63) is 18.1 Å². The van der Waals surface area contributed by atoms with E-state index in [1.807, 2.05) is 0 Å². The molecule has 5 nitrogen and oxygen atoms in total. The van der Waals surface area contributed by atoms with Gasteiger partial charge >= 0.3 is 0 Å². The molecule has 1 aliphatic rings. The van der Waals surface area contributed by atoms with Gasteiger partial charge in [0.1, 0.15) is 11.5 Å². The van der Waals surface area contributed by atoms with Gasteiger partial charge in [-0.15, -0.1) is 0 Å². The quantitative estimate of drug-likeness (QED) is 0.766. The first-order valence-electron chi connectivity index (χ1n) is 7.59. The summed E-state index contributed by atoms with van der Waals surface area (Å²) >= 11 is 0. The summed E-state index contributed by atoms with van der Waals surface area (Å²) in [6, 6.07) is 0.259. The van der Waals surface area contributed by atoms with Crippen LogP contribution >= 0.6 is 0 Å². The minimum Gasteiger partial charge on any atom is -0.369 e. The molecule has 2 N–H and O–H groups in total. The minimum atomic E-state index is -0.118. The second-order valence-corrected chi connectivity index (χ2v) is 5.47. The van der Waals surface area contributed by atoms with Crippen molar-refractivity contribution in [3.63, 3.8) is 0 Å². The second-order valence-electron chi connectivity index (χ2n) is 5.47. The summed E-state index contributed by atoms with van der Waals surface area (Å²) in [5.41, 5.74) is 0.390. The molecule has 1 atom stereocenters. The topological polar surface area (TPSA) is 66.9 Å². The Hall–Kier alpha value is -1.65. The Morgan fingerprint density at radius 2 is 2.15 bits per heavy atom. The third-order valence-electron chi connectivity index (χ3n) is 3.58. The lowest BCUT2D eigenvalue weighted by Crippen LogP contribution is -2.35. The summed E-state index contributed by atoms with van der Waals surface area (Å²) in [5, 5.41) is 6.20. The van der Waals surface area contributed by atoms with Crippen LogP contribution in [-0.2, 0) is 0 Å². The van der Waals surface area contributed by atoms with Crippen LogP contribution in [0.25, 0.3) is 0 Å². The average Bonchev–Trinajstić information content (AvgIpc) is 3.28. The predicted octanol–water partition coefficient (Wildman–Crippen LogP) is 2.61. The highest BCUT2D eigenvalue weighted by Crippen LogP contribution is 2.34. The molecule has 1 amide bonds. The Balaban J connectivity index is 1.87. The van der Waals surface area contributed by atoms with E-state index in [1.54, 1.807) is 6.20 Å². The molecule has 1 aromatic heterocycles. The molecule has 1 aromatic rings. The lowest BCUT2D eigenvalue weighted by molar-refractivity contribution is 0.0927. The van der Waals surface area contributed by atoms with Crippen LogP contribution in [0, 0.1) is 5.92 Å². The van der Waals surface area contributed by atoms with Crippen LogP contribution in [0.3, 0.4) is 0 Å². The first kappa shape index (κ1) is 14.8. The molecule has 1 heterocycles. The minimum absolute atomic E-state index is 0.118. The van der Waals surface area contributed by atoms with Gasteiger partial charge in [-0.1, -0.05) is 26.7 Å². The molecule has 0 aliphatic heterocycles. The fourth-order valence-corrected chi connectivity index (χ4v) is 2.13. The predicted molar refractivity (Wildman–Crippen MR) is 79.7 cm³/mol. The average molecular weight is 276 g/mol. The fraction of sp³-hybridized carbons (Fsp3) is 0.667. The zero-order valence-electron chi connectivity index (χ0n) is 12.4. The van der Waals surface area contributed by atoms with Gasteiger partial charge in [0.05, 0.1) is 12.4 Å². The third-order valence-corrected chi connectivity index (χ3v) is 3.58. The maximum atomic E-state index is 12.1. The Kier molecular flexibility index (Phi) is 5.32. The lowest BCUT2D eigenvalue weighted by atomic mass is 10.1. The van der Waals surface area contributed by atoms with Crippen LogP contribution in [0.4, 0.5) is 5.82 Å². The molecule has 1 saturated carbocycles. The van der Waals surface area contributed by atoms with Crippen molar-refractivity contribution in [3.8, 4) is 0 Å². The summed E-state index contributed by atoms with van der Waals surface area (Å²) in [5.74, 6) is 1.41. The number of hydrogen-bond donors (Lipinski definition) is 2. The fourth-order valence-electron chi connectivity index (χ4n) is 2.13. The highest BCUT2D eigenvalue weighted by atomic mass is 16.1. The molecule has 0 aromatic carbocycles. The number of hydrogen-bond acceptors (Lipinski definition) is 4. The normalized spacial score (nSPS) is 15.7. The van der Waals surface area contributed by atoms with Gasteiger partial charge in [-0.3, -0.25) is 4.79 Å². The maximum absolute atomic E-state index is 12.1. The number of nitrogens with one attached hydrogen (secondary N) is 2. The molecular formula is C15H24N4O. The van der Waals surface area contributed by atoms with Crippen LogP contribution in [0.15, 0.2) is 12.4 Å². The number of amides is 1. The van der Waals surface area contributed by atoms with Crippen LogP contribution in [0.2, 0.25) is 0 Å². The zero-order valence-corrected chi connectivity index (χ0v) is 12.4. The van der Waals surface area contributed by atoms with E-state index in [4.69, 9.17) is 0 Å². The number of carbonyl (C=O) groups is 1. The lowest BCUT2D eigenvalue weighted by Gasteiger charge is -2.16. The second kappa shape index (κ2) is 7.22. The van der Waals surface area contributed by atoms with Gasteiger partial charge in [-0.2, -0.15) is 0 Å². The van der Waals surface area contributed by atoms with Crippen molar-refractivity contribution in [1.82, 2.24) is 15.3 Å². The standard InChI is InChI=1S/C15H24N4O/c1-3-7-16-14-10-17-13(9-18-14)15(20)19-12(4-2)8-11-5-6-11/h9-12H,3-8H2,1-2H3,(H,16,18)(H,19,20). The van der Waals surface area contributed by atoms with Gasteiger partial charge in [0, 0.05) is 12.6 Å². The first-order valence-corrected chi connectivity index (χ1v) is 7.59. The molecule has 5 heteroatoms. The van der Waals surface area contributed by atoms with Gasteiger partial charge in [0.25, 0.3) is 5.91 Å². The maximum Gasteiger partial charge on any atom is 0.271 e. The van der Waals surface area contributed by atoms with E-state index in [9.17, 15) is 4.79 Å². The third kappa shape index (κ3) is 4.47. The summed E-state index contributed by atoms with van der Waals surface area (Å²) in [6.45, 7) is 5.06. The van der Waals surface area contributed by atoms with E-state index in [1.165, 1.54) is 19.0 Å². The Morgan fingerprint density at radius 1 is 1.35 bits per heavy atom. The highest BCUT2D eigenvalue weighted by Gasteiger charge is 2.25. The van der Waals surface area contributed by atoms with Gasteiger partial charge in [-0.25, -0.2) is 9.97 Å². The molecule has 20 heavy (non-hydrogen) atoms. The first-order chi connectivity index (χ1) is 9.72. The molecule has 110 valence electrons. The summed E-state index contributed by atoms with van der Waals surface area (Å²) < 4.78 is 0. The van der Waals surface area contributed by atoms with Crippen LogP contribution in [-0.4, -0.2) is 28.5 Å². The molecule has 1 unspecified atom stereocenters. The molecule has 2 rings (SSSR count). The van der Waals surface area contributed by atoms with Crippen LogP contribution < -0.4 is 10.6 Å². The van der Waals surface area contributed by atoms with Crippen molar-refractivity contribution < 1.29 is 4.79 Å². The van der Waals surface area contributed by atoms with Gasteiger partial charge in [-0.05, 0) is 25.2 Å². The Morgan fingerprint density at radius 3 is 2.70 bits per heavy atom. The molecule has 0 bridgehead atoms. The van der Waals surface area contributed by atoms with Crippen molar-refractivity contribution >= 4 is 11.7 Å². The molecule has 0 saturated heterocycles. The van der Waals surface area contributed by atoms with E-state index in [0.29, 0.717) is 11.5 Å². The van der Waals surface area contributed by atoms with Gasteiger partial charge in [0.2, 0.25) is 0 Å². The monoisotopic (exact) mass is 276 g/mol. The van der Waals surface area contributed by atoms with E-state index < -0.39 is 0 Å². The smallest absolute Gasteiger partial charge is 0.271 e. The van der Waals surface area contributed by atoms with E-state index in [2.05, 4.69) is 34.4 Å². The molecular weight excluding hydrogens is 252 g/mol. The number of aromatic nitrogens is 2. The molecule has 0 spiro atoms. The van der Waals surface area contributed by atoms with E-state index >= 15 is 0 Å². The number of rotatable bonds is 8. The van der Waals surface area contributed by atoms with Crippen molar-refractivity contribution in [2.24, 2.45) is 5.92 Å². The number of anilines is 1. The summed E-state index contributed by atoms with van der Waals surface area (Å²) in [7, 11) is 0. The zero-order chi connectivity index (χ0) is 14.4. The van der Waals surface area contributed by atoms with Crippen molar-refractivity contribution in [2.45, 2.75) is 52.0 Å². The Labute approximate surface area is 120 Å². The largest absolute Gasteiger partial charge is 0.369 e. The van der Waals surface area contributed by atoms with E-state index in [0.717, 1.165) is 31.7 Å². The van der Waals surface area contributed by atoms with Crippen LogP contribution in [0.1, 0.15) is 56.4 Å². The van der Waals surface area contributed by atoms with Crippen molar-refractivity contribution in [2.75, 3.05) is 11.9 Å². The van der Waals surface area contributed by atoms with E-state index in [-0.39, 0.29) is 11.9 Å². The number of nitrogens with zero attached hydrogens (tertiary/aromatic N) is 2. The summed E-state index contributed by atoms with van der Waals surface area (Å²) in [6.07, 6.45) is 8.86. The highest BCUT2D eigenvalue weighted by molar-refractivity contribution is 5.92.